The Morgan fingerprint density at radius 1 is 1.00 bits per heavy atom. The number of halogens is 1. The number of Topliss-reactive ketones (excluding diaryl/α,β-unsaturated/α-hetero) is 1. The standard InChI is InChI=1S/C21H18ClNO5/c1-12-16(9-13-8-14(22)4-6-18(13)23-12)21(25)28-11-19(24)17-10-15(26-2)5-7-20(17)27-3/h4-10H,11H2,1-3H3. The number of benzene rings is 2. The van der Waals surface area contributed by atoms with Crippen molar-refractivity contribution in [3.05, 3.63) is 64.3 Å². The predicted octanol–water partition coefficient (Wildman–Crippen LogP) is 4.25. The van der Waals surface area contributed by atoms with Gasteiger partial charge in [0.25, 0.3) is 0 Å². The third-order valence-electron chi connectivity index (χ3n) is 4.23. The van der Waals surface area contributed by atoms with Gasteiger partial charge in [-0.2, -0.15) is 0 Å². The van der Waals surface area contributed by atoms with Gasteiger partial charge in [-0.1, -0.05) is 11.6 Å². The first-order valence-corrected chi connectivity index (χ1v) is 8.80. The molecule has 2 aromatic carbocycles. The van der Waals surface area contributed by atoms with E-state index in [9.17, 15) is 9.59 Å². The maximum Gasteiger partial charge on any atom is 0.340 e. The third kappa shape index (κ3) is 4.07. The number of rotatable bonds is 6. The van der Waals surface area contributed by atoms with Crippen LogP contribution in [-0.2, 0) is 4.74 Å². The lowest BCUT2D eigenvalue weighted by molar-refractivity contribution is 0.0473. The van der Waals surface area contributed by atoms with Gasteiger partial charge in [0.05, 0.1) is 36.6 Å². The van der Waals surface area contributed by atoms with Crippen molar-refractivity contribution in [2.24, 2.45) is 0 Å². The van der Waals surface area contributed by atoms with E-state index in [0.29, 0.717) is 27.6 Å². The van der Waals surface area contributed by atoms with Crippen molar-refractivity contribution in [2.45, 2.75) is 6.92 Å². The number of aryl methyl sites for hydroxylation is 1. The first kappa shape index (κ1) is 19.6. The molecule has 0 amide bonds. The quantitative estimate of drug-likeness (QED) is 0.455. The Hall–Kier alpha value is -3.12. The van der Waals surface area contributed by atoms with Crippen LogP contribution in [0.15, 0.2) is 42.5 Å². The lowest BCUT2D eigenvalue weighted by Gasteiger charge is -2.11. The molecule has 0 fully saturated rings. The van der Waals surface area contributed by atoms with Crippen LogP contribution in [0.3, 0.4) is 0 Å². The Balaban J connectivity index is 1.80. The monoisotopic (exact) mass is 399 g/mol. The lowest BCUT2D eigenvalue weighted by atomic mass is 10.1. The summed E-state index contributed by atoms with van der Waals surface area (Å²) in [5.74, 6) is -0.164. The van der Waals surface area contributed by atoms with Crippen LogP contribution in [0, 0.1) is 6.92 Å². The second-order valence-corrected chi connectivity index (χ2v) is 6.46. The number of hydrogen-bond acceptors (Lipinski definition) is 6. The van der Waals surface area contributed by atoms with Gasteiger partial charge in [-0.3, -0.25) is 9.78 Å². The van der Waals surface area contributed by atoms with E-state index in [2.05, 4.69) is 4.98 Å². The maximum absolute atomic E-state index is 12.5. The zero-order chi connectivity index (χ0) is 20.3. The van der Waals surface area contributed by atoms with E-state index in [1.54, 1.807) is 49.4 Å². The van der Waals surface area contributed by atoms with Crippen LogP contribution in [0.25, 0.3) is 10.9 Å². The fourth-order valence-electron chi connectivity index (χ4n) is 2.77. The molecule has 0 atom stereocenters. The van der Waals surface area contributed by atoms with Gasteiger partial charge in [0.1, 0.15) is 11.5 Å². The first-order chi connectivity index (χ1) is 13.4. The van der Waals surface area contributed by atoms with E-state index in [4.69, 9.17) is 25.8 Å². The van der Waals surface area contributed by atoms with Crippen molar-refractivity contribution in [1.82, 2.24) is 4.98 Å². The van der Waals surface area contributed by atoms with Crippen molar-refractivity contribution in [1.29, 1.82) is 0 Å². The largest absolute Gasteiger partial charge is 0.497 e. The molecule has 0 saturated carbocycles. The summed E-state index contributed by atoms with van der Waals surface area (Å²) in [4.78, 5) is 29.4. The number of carbonyl (C=O) groups excluding carboxylic acids is 2. The van der Waals surface area contributed by atoms with E-state index < -0.39 is 18.4 Å². The van der Waals surface area contributed by atoms with Gasteiger partial charge < -0.3 is 14.2 Å². The van der Waals surface area contributed by atoms with E-state index in [-0.39, 0.29) is 11.1 Å². The Morgan fingerprint density at radius 2 is 1.79 bits per heavy atom. The molecule has 1 aromatic heterocycles. The molecule has 0 N–H and O–H groups in total. The highest BCUT2D eigenvalue weighted by atomic mass is 35.5. The highest BCUT2D eigenvalue weighted by molar-refractivity contribution is 6.31. The van der Waals surface area contributed by atoms with Gasteiger partial charge in [-0.05, 0) is 49.4 Å². The van der Waals surface area contributed by atoms with Gasteiger partial charge in [0, 0.05) is 10.4 Å². The molecular weight excluding hydrogens is 382 g/mol. The number of ketones is 1. The van der Waals surface area contributed by atoms with Gasteiger partial charge in [-0.25, -0.2) is 4.79 Å². The molecule has 3 aromatic rings. The molecule has 0 radical (unpaired) electrons. The van der Waals surface area contributed by atoms with E-state index in [1.165, 1.54) is 14.2 Å². The Morgan fingerprint density at radius 3 is 2.50 bits per heavy atom. The van der Waals surface area contributed by atoms with Gasteiger partial charge in [-0.15, -0.1) is 0 Å². The van der Waals surface area contributed by atoms with Gasteiger partial charge >= 0.3 is 5.97 Å². The third-order valence-corrected chi connectivity index (χ3v) is 4.46. The van der Waals surface area contributed by atoms with Crippen LogP contribution in [0.2, 0.25) is 5.02 Å². The van der Waals surface area contributed by atoms with Crippen molar-refractivity contribution in [2.75, 3.05) is 20.8 Å². The molecule has 0 spiro atoms. The Kier molecular flexibility index (Phi) is 5.80. The lowest BCUT2D eigenvalue weighted by Crippen LogP contribution is -2.16. The molecule has 144 valence electrons. The molecule has 28 heavy (non-hydrogen) atoms. The van der Waals surface area contributed by atoms with Gasteiger partial charge in [0.2, 0.25) is 5.78 Å². The zero-order valence-electron chi connectivity index (χ0n) is 15.6. The van der Waals surface area contributed by atoms with E-state index in [0.717, 1.165) is 5.52 Å². The van der Waals surface area contributed by atoms with E-state index in [1.807, 2.05) is 0 Å². The minimum absolute atomic E-state index is 0.273. The Bertz CT molecular complexity index is 1060. The number of carbonyl (C=O) groups is 2. The topological polar surface area (TPSA) is 74.7 Å². The summed E-state index contributed by atoms with van der Waals surface area (Å²) in [5, 5.41) is 1.25. The van der Waals surface area contributed by atoms with Crippen LogP contribution in [0.4, 0.5) is 0 Å². The predicted molar refractivity (Wildman–Crippen MR) is 106 cm³/mol. The van der Waals surface area contributed by atoms with Crippen molar-refractivity contribution < 1.29 is 23.8 Å². The highest BCUT2D eigenvalue weighted by Crippen LogP contribution is 2.25. The molecule has 1 heterocycles. The van der Waals surface area contributed by atoms with Crippen molar-refractivity contribution >= 4 is 34.3 Å². The number of pyridine rings is 1. The SMILES string of the molecule is COc1ccc(OC)c(C(=O)COC(=O)c2cc3cc(Cl)ccc3nc2C)c1. The average molecular weight is 400 g/mol. The number of ether oxygens (including phenoxy) is 3. The summed E-state index contributed by atoms with van der Waals surface area (Å²) < 4.78 is 15.5. The summed E-state index contributed by atoms with van der Waals surface area (Å²) in [6, 6.07) is 11.7. The molecule has 6 nitrogen and oxygen atoms in total. The fourth-order valence-corrected chi connectivity index (χ4v) is 2.95. The summed E-state index contributed by atoms with van der Waals surface area (Å²) >= 11 is 6.00. The van der Waals surface area contributed by atoms with Crippen LogP contribution in [0.1, 0.15) is 26.4 Å². The molecule has 0 aliphatic heterocycles. The minimum Gasteiger partial charge on any atom is -0.497 e. The van der Waals surface area contributed by atoms with Crippen molar-refractivity contribution in [3.63, 3.8) is 0 Å². The van der Waals surface area contributed by atoms with Crippen molar-refractivity contribution in [3.8, 4) is 11.5 Å². The smallest absolute Gasteiger partial charge is 0.340 e. The number of aromatic nitrogens is 1. The second-order valence-electron chi connectivity index (χ2n) is 6.02. The van der Waals surface area contributed by atoms with Crippen LogP contribution in [0.5, 0.6) is 11.5 Å². The number of methoxy groups -OCH3 is 2. The fraction of sp³-hybridized carbons (Fsp3) is 0.190. The zero-order valence-corrected chi connectivity index (χ0v) is 16.4. The molecular formula is C21H18ClNO5. The second kappa shape index (κ2) is 8.27. The molecule has 0 saturated heterocycles. The number of fused-ring (bicyclic) bond motifs is 1. The summed E-state index contributed by atoms with van der Waals surface area (Å²) in [5.41, 5.74) is 1.77. The molecule has 0 aliphatic carbocycles. The molecule has 3 rings (SSSR count). The Labute approximate surface area is 167 Å². The normalized spacial score (nSPS) is 10.6. The molecule has 0 unspecified atom stereocenters. The number of hydrogen-bond donors (Lipinski definition) is 0. The first-order valence-electron chi connectivity index (χ1n) is 8.42. The van der Waals surface area contributed by atoms with Gasteiger partial charge in [0.15, 0.2) is 6.61 Å². The molecule has 0 bridgehead atoms. The van der Waals surface area contributed by atoms with Crippen LogP contribution >= 0.6 is 11.6 Å². The average Bonchev–Trinajstić information content (AvgIpc) is 2.70. The minimum atomic E-state index is -0.637. The van der Waals surface area contributed by atoms with E-state index >= 15 is 0 Å². The summed E-state index contributed by atoms with van der Waals surface area (Å²) in [6.07, 6.45) is 0. The summed E-state index contributed by atoms with van der Waals surface area (Å²) in [7, 11) is 2.96. The molecule has 7 heteroatoms. The molecule has 0 aliphatic rings. The number of esters is 1. The highest BCUT2D eigenvalue weighted by Gasteiger charge is 2.18. The maximum atomic E-state index is 12.5. The van der Waals surface area contributed by atoms with Crippen LogP contribution in [-0.4, -0.2) is 37.6 Å². The van der Waals surface area contributed by atoms with Crippen LogP contribution < -0.4 is 9.47 Å². The summed E-state index contributed by atoms with van der Waals surface area (Å²) in [6.45, 7) is 1.27. The number of nitrogens with zero attached hydrogens (tertiary/aromatic N) is 1.